The second-order valence-corrected chi connectivity index (χ2v) is 7.04. The number of nitrogens with zero attached hydrogens (tertiary/aromatic N) is 5. The molecule has 3 rings (SSSR count). The van der Waals surface area contributed by atoms with Crippen LogP contribution in [0.4, 0.5) is 5.82 Å². The Balaban J connectivity index is 1.73. The molecule has 0 spiro atoms. The van der Waals surface area contributed by atoms with Crippen molar-refractivity contribution in [3.8, 4) is 0 Å². The third kappa shape index (κ3) is 3.59. The predicted octanol–water partition coefficient (Wildman–Crippen LogP) is 2.83. The SMILES string of the molecule is CC(C)c1nccc(NC[C@@H]2CCCN(C)[C@H]2c2ccnn2C)n1. The van der Waals surface area contributed by atoms with E-state index in [2.05, 4.69) is 52.2 Å². The Kier molecular flexibility index (Phi) is 5.14. The number of rotatable bonds is 5. The fraction of sp³-hybridized carbons (Fsp3) is 0.611. The van der Waals surface area contributed by atoms with Crippen LogP contribution in [0, 0.1) is 5.92 Å². The lowest BCUT2D eigenvalue weighted by atomic mass is 9.87. The summed E-state index contributed by atoms with van der Waals surface area (Å²) in [6, 6.07) is 4.49. The maximum atomic E-state index is 4.63. The van der Waals surface area contributed by atoms with E-state index in [0.717, 1.165) is 24.7 Å². The van der Waals surface area contributed by atoms with E-state index in [9.17, 15) is 0 Å². The first kappa shape index (κ1) is 16.9. The zero-order valence-electron chi connectivity index (χ0n) is 15.1. The number of likely N-dealkylation sites (tertiary alicyclic amines) is 1. The topological polar surface area (TPSA) is 58.9 Å². The Bertz CT molecular complexity index is 665. The molecule has 1 N–H and O–H groups in total. The number of nitrogens with one attached hydrogen (secondary N) is 1. The number of hydrogen-bond acceptors (Lipinski definition) is 5. The summed E-state index contributed by atoms with van der Waals surface area (Å²) < 4.78 is 2.00. The quantitative estimate of drug-likeness (QED) is 0.914. The van der Waals surface area contributed by atoms with E-state index in [4.69, 9.17) is 0 Å². The number of anilines is 1. The van der Waals surface area contributed by atoms with Gasteiger partial charge in [-0.3, -0.25) is 9.58 Å². The molecule has 1 aliphatic rings. The van der Waals surface area contributed by atoms with Gasteiger partial charge in [-0.05, 0) is 44.5 Å². The lowest BCUT2D eigenvalue weighted by Crippen LogP contribution is -2.40. The van der Waals surface area contributed by atoms with E-state index in [1.54, 1.807) is 0 Å². The molecule has 24 heavy (non-hydrogen) atoms. The van der Waals surface area contributed by atoms with Crippen LogP contribution in [0.3, 0.4) is 0 Å². The monoisotopic (exact) mass is 328 g/mol. The number of aryl methyl sites for hydroxylation is 1. The normalized spacial score (nSPS) is 22.0. The Morgan fingerprint density at radius 2 is 2.08 bits per heavy atom. The molecule has 2 aromatic rings. The molecule has 1 aliphatic heterocycles. The van der Waals surface area contributed by atoms with Crippen molar-refractivity contribution in [3.05, 3.63) is 36.0 Å². The number of piperidine rings is 1. The zero-order valence-corrected chi connectivity index (χ0v) is 15.1. The predicted molar refractivity (Wildman–Crippen MR) is 95.9 cm³/mol. The van der Waals surface area contributed by atoms with E-state index in [1.165, 1.54) is 18.5 Å². The molecule has 6 heteroatoms. The van der Waals surface area contributed by atoms with Crippen LogP contribution < -0.4 is 5.32 Å². The highest BCUT2D eigenvalue weighted by Gasteiger charge is 2.32. The van der Waals surface area contributed by atoms with Crippen LogP contribution in [-0.2, 0) is 7.05 Å². The minimum absolute atomic E-state index is 0.342. The second kappa shape index (κ2) is 7.30. The first-order valence-electron chi connectivity index (χ1n) is 8.81. The van der Waals surface area contributed by atoms with Crippen molar-refractivity contribution in [3.63, 3.8) is 0 Å². The second-order valence-electron chi connectivity index (χ2n) is 7.04. The molecular weight excluding hydrogens is 300 g/mol. The van der Waals surface area contributed by atoms with Gasteiger partial charge in [-0.25, -0.2) is 9.97 Å². The first-order chi connectivity index (χ1) is 11.6. The van der Waals surface area contributed by atoms with Gasteiger partial charge in [0.25, 0.3) is 0 Å². The van der Waals surface area contributed by atoms with Crippen LogP contribution in [-0.4, -0.2) is 44.8 Å². The summed E-state index contributed by atoms with van der Waals surface area (Å²) in [5, 5.41) is 7.89. The molecule has 0 bridgehead atoms. The summed E-state index contributed by atoms with van der Waals surface area (Å²) in [6.45, 7) is 6.29. The van der Waals surface area contributed by atoms with E-state index in [-0.39, 0.29) is 0 Å². The smallest absolute Gasteiger partial charge is 0.133 e. The summed E-state index contributed by atoms with van der Waals surface area (Å²) in [7, 11) is 4.24. The van der Waals surface area contributed by atoms with Gasteiger partial charge in [0.05, 0.1) is 11.7 Å². The molecule has 6 nitrogen and oxygen atoms in total. The Labute approximate surface area is 144 Å². The summed E-state index contributed by atoms with van der Waals surface area (Å²) >= 11 is 0. The van der Waals surface area contributed by atoms with Gasteiger partial charge in [0.15, 0.2) is 0 Å². The average molecular weight is 328 g/mol. The summed E-state index contributed by atoms with van der Waals surface area (Å²) in [6.07, 6.45) is 6.19. The van der Waals surface area contributed by atoms with Gasteiger partial charge in [0.1, 0.15) is 11.6 Å². The molecule has 0 saturated carbocycles. The van der Waals surface area contributed by atoms with E-state index < -0.39 is 0 Å². The van der Waals surface area contributed by atoms with Gasteiger partial charge in [-0.1, -0.05) is 13.8 Å². The van der Waals surface area contributed by atoms with Gasteiger partial charge >= 0.3 is 0 Å². The Morgan fingerprint density at radius 1 is 1.25 bits per heavy atom. The minimum Gasteiger partial charge on any atom is -0.370 e. The van der Waals surface area contributed by atoms with Gasteiger partial charge in [-0.2, -0.15) is 5.10 Å². The van der Waals surface area contributed by atoms with Crippen molar-refractivity contribution in [1.29, 1.82) is 0 Å². The summed E-state index contributed by atoms with van der Waals surface area (Å²) in [5.41, 5.74) is 1.29. The van der Waals surface area contributed by atoms with Gasteiger partial charge in [0, 0.05) is 31.9 Å². The molecule has 0 aliphatic carbocycles. The maximum absolute atomic E-state index is 4.63. The third-order valence-corrected chi connectivity index (χ3v) is 4.90. The van der Waals surface area contributed by atoms with Crippen LogP contribution in [0.5, 0.6) is 0 Å². The molecule has 3 heterocycles. The highest BCUT2D eigenvalue weighted by molar-refractivity contribution is 5.33. The van der Waals surface area contributed by atoms with Crippen molar-refractivity contribution >= 4 is 5.82 Å². The highest BCUT2D eigenvalue weighted by atomic mass is 15.3. The van der Waals surface area contributed by atoms with Gasteiger partial charge in [0.2, 0.25) is 0 Å². The third-order valence-electron chi connectivity index (χ3n) is 4.90. The average Bonchev–Trinajstić information content (AvgIpc) is 2.99. The van der Waals surface area contributed by atoms with Crippen LogP contribution >= 0.6 is 0 Å². The van der Waals surface area contributed by atoms with Crippen LogP contribution in [0.15, 0.2) is 24.5 Å². The molecule has 0 unspecified atom stereocenters. The van der Waals surface area contributed by atoms with Crippen molar-refractivity contribution in [1.82, 2.24) is 24.6 Å². The first-order valence-corrected chi connectivity index (χ1v) is 8.81. The molecule has 2 atom stereocenters. The lowest BCUT2D eigenvalue weighted by molar-refractivity contribution is 0.121. The molecule has 2 aromatic heterocycles. The van der Waals surface area contributed by atoms with Crippen molar-refractivity contribution in [2.24, 2.45) is 13.0 Å². The Morgan fingerprint density at radius 3 is 2.79 bits per heavy atom. The van der Waals surface area contributed by atoms with Gasteiger partial charge < -0.3 is 5.32 Å². The number of hydrogen-bond donors (Lipinski definition) is 1. The minimum atomic E-state index is 0.342. The largest absolute Gasteiger partial charge is 0.370 e. The van der Waals surface area contributed by atoms with E-state index in [0.29, 0.717) is 17.9 Å². The standard InChI is InChI=1S/C18H28N6/c1-13(2)18-19-9-8-16(22-18)20-12-14-6-5-11-23(3)17(14)15-7-10-21-24(15)4/h7-10,13-14,17H,5-6,11-12H2,1-4H3,(H,19,20,22)/t14-,17+/m0/s1. The van der Waals surface area contributed by atoms with Crippen LogP contribution in [0.2, 0.25) is 0 Å². The fourth-order valence-corrected chi connectivity index (χ4v) is 3.60. The molecule has 0 radical (unpaired) electrons. The van der Waals surface area contributed by atoms with Crippen molar-refractivity contribution in [2.75, 3.05) is 25.5 Å². The number of aromatic nitrogens is 4. The lowest BCUT2D eigenvalue weighted by Gasteiger charge is -2.39. The van der Waals surface area contributed by atoms with Gasteiger partial charge in [-0.15, -0.1) is 0 Å². The maximum Gasteiger partial charge on any atom is 0.133 e. The fourth-order valence-electron chi connectivity index (χ4n) is 3.60. The molecule has 0 aromatic carbocycles. The van der Waals surface area contributed by atoms with Crippen LogP contribution in [0.25, 0.3) is 0 Å². The molecule has 130 valence electrons. The molecular formula is C18H28N6. The summed E-state index contributed by atoms with van der Waals surface area (Å²) in [4.78, 5) is 11.4. The Hall–Kier alpha value is -1.95. The summed E-state index contributed by atoms with van der Waals surface area (Å²) in [5.74, 6) is 2.70. The van der Waals surface area contributed by atoms with Crippen molar-refractivity contribution < 1.29 is 0 Å². The molecule has 1 saturated heterocycles. The van der Waals surface area contributed by atoms with E-state index >= 15 is 0 Å². The van der Waals surface area contributed by atoms with E-state index in [1.807, 2.05) is 30.2 Å². The molecule has 1 fully saturated rings. The zero-order chi connectivity index (χ0) is 17.1. The highest BCUT2D eigenvalue weighted by Crippen LogP contribution is 2.34. The van der Waals surface area contributed by atoms with Crippen LogP contribution in [0.1, 0.15) is 50.2 Å². The van der Waals surface area contributed by atoms with Crippen molar-refractivity contribution in [2.45, 2.75) is 38.6 Å². The molecule has 0 amide bonds.